The number of benzene rings is 1. The van der Waals surface area contributed by atoms with Crippen molar-refractivity contribution in [2.45, 2.75) is 37.6 Å². The van der Waals surface area contributed by atoms with Crippen LogP contribution in [0.3, 0.4) is 0 Å². The maximum Gasteiger partial charge on any atom is 0.0341 e. The van der Waals surface area contributed by atoms with Crippen LogP contribution in [0.25, 0.3) is 0 Å². The van der Waals surface area contributed by atoms with E-state index in [1.807, 2.05) is 11.8 Å². The SMILES string of the molecule is C=C(CC)CC(CSc1ccc(C)cc1)NN. The minimum atomic E-state index is 0.300. The van der Waals surface area contributed by atoms with Gasteiger partial charge in [0, 0.05) is 16.7 Å². The average Bonchev–Trinajstić information content (AvgIpc) is 2.36. The lowest BCUT2D eigenvalue weighted by atomic mass is 10.1. The molecule has 1 aromatic rings. The summed E-state index contributed by atoms with van der Waals surface area (Å²) in [6.07, 6.45) is 1.97. The van der Waals surface area contributed by atoms with Gasteiger partial charge in [-0.2, -0.15) is 0 Å². The van der Waals surface area contributed by atoms with Crippen molar-refractivity contribution in [2.75, 3.05) is 5.75 Å². The number of hydrazine groups is 1. The molecule has 3 N–H and O–H groups in total. The van der Waals surface area contributed by atoms with Crippen molar-refractivity contribution >= 4 is 11.8 Å². The van der Waals surface area contributed by atoms with Crippen LogP contribution in [0.1, 0.15) is 25.3 Å². The van der Waals surface area contributed by atoms with Crippen molar-refractivity contribution in [2.24, 2.45) is 5.84 Å². The molecule has 0 fully saturated rings. The first-order valence-corrected chi connectivity index (χ1v) is 6.96. The van der Waals surface area contributed by atoms with Crippen LogP contribution in [0.2, 0.25) is 0 Å². The second-order valence-corrected chi connectivity index (χ2v) is 5.39. The van der Waals surface area contributed by atoms with Gasteiger partial charge in [0.25, 0.3) is 0 Å². The molecule has 1 atom stereocenters. The van der Waals surface area contributed by atoms with Gasteiger partial charge in [-0.05, 0) is 31.9 Å². The summed E-state index contributed by atoms with van der Waals surface area (Å²) in [6.45, 7) is 8.25. The molecule has 0 heterocycles. The molecule has 0 saturated heterocycles. The Morgan fingerprint density at radius 2 is 2.06 bits per heavy atom. The maximum atomic E-state index is 5.56. The first kappa shape index (κ1) is 14.3. The predicted molar refractivity (Wildman–Crippen MR) is 77.1 cm³/mol. The highest BCUT2D eigenvalue weighted by molar-refractivity contribution is 7.99. The monoisotopic (exact) mass is 250 g/mol. The molecule has 17 heavy (non-hydrogen) atoms. The third kappa shape index (κ3) is 5.39. The number of hydrogen-bond acceptors (Lipinski definition) is 3. The van der Waals surface area contributed by atoms with Crippen LogP contribution in [0, 0.1) is 6.92 Å². The van der Waals surface area contributed by atoms with Gasteiger partial charge in [-0.3, -0.25) is 11.3 Å². The Labute approximate surface area is 109 Å². The first-order valence-electron chi connectivity index (χ1n) is 5.98. The first-order chi connectivity index (χ1) is 8.15. The molecular weight excluding hydrogens is 228 g/mol. The van der Waals surface area contributed by atoms with E-state index in [1.54, 1.807) is 0 Å². The van der Waals surface area contributed by atoms with Crippen molar-refractivity contribution in [1.82, 2.24) is 5.43 Å². The van der Waals surface area contributed by atoms with E-state index in [2.05, 4.69) is 50.1 Å². The van der Waals surface area contributed by atoms with Gasteiger partial charge in [-0.1, -0.05) is 36.8 Å². The average molecular weight is 250 g/mol. The smallest absolute Gasteiger partial charge is 0.0341 e. The summed E-state index contributed by atoms with van der Waals surface area (Å²) in [6, 6.07) is 8.88. The number of hydrogen-bond donors (Lipinski definition) is 2. The highest BCUT2D eigenvalue weighted by atomic mass is 32.2. The molecule has 94 valence electrons. The van der Waals surface area contributed by atoms with Gasteiger partial charge in [-0.15, -0.1) is 11.8 Å². The fraction of sp³-hybridized carbons (Fsp3) is 0.429. The van der Waals surface area contributed by atoms with E-state index in [-0.39, 0.29) is 0 Å². The summed E-state index contributed by atoms with van der Waals surface area (Å²) in [7, 11) is 0. The molecule has 0 aliphatic rings. The fourth-order valence-electron chi connectivity index (χ4n) is 1.49. The minimum Gasteiger partial charge on any atom is -0.271 e. The van der Waals surface area contributed by atoms with Gasteiger partial charge in [0.2, 0.25) is 0 Å². The third-order valence-corrected chi connectivity index (χ3v) is 3.92. The number of rotatable bonds is 7. The van der Waals surface area contributed by atoms with Crippen molar-refractivity contribution < 1.29 is 0 Å². The maximum absolute atomic E-state index is 5.56. The number of nitrogens with one attached hydrogen (secondary N) is 1. The highest BCUT2D eigenvalue weighted by Gasteiger charge is 2.08. The zero-order chi connectivity index (χ0) is 12.7. The molecule has 2 nitrogen and oxygen atoms in total. The predicted octanol–water partition coefficient (Wildman–Crippen LogP) is 3.28. The molecule has 0 saturated carbocycles. The lowest BCUT2D eigenvalue weighted by Gasteiger charge is -2.16. The third-order valence-electron chi connectivity index (χ3n) is 2.74. The Hall–Kier alpha value is -0.770. The van der Waals surface area contributed by atoms with Crippen LogP contribution in [-0.4, -0.2) is 11.8 Å². The van der Waals surface area contributed by atoms with Crippen LogP contribution < -0.4 is 11.3 Å². The normalized spacial score (nSPS) is 12.4. The van der Waals surface area contributed by atoms with Crippen molar-refractivity contribution in [3.63, 3.8) is 0 Å². The van der Waals surface area contributed by atoms with Gasteiger partial charge in [-0.25, -0.2) is 0 Å². The molecule has 1 aromatic carbocycles. The fourth-order valence-corrected chi connectivity index (χ4v) is 2.43. The van der Waals surface area contributed by atoms with Crippen LogP contribution >= 0.6 is 11.8 Å². The number of nitrogens with two attached hydrogens (primary N) is 1. The molecule has 0 radical (unpaired) electrons. The lowest BCUT2D eigenvalue weighted by molar-refractivity contribution is 0.568. The summed E-state index contributed by atoms with van der Waals surface area (Å²) in [5.74, 6) is 6.53. The van der Waals surface area contributed by atoms with Gasteiger partial charge < -0.3 is 0 Å². The van der Waals surface area contributed by atoms with E-state index in [9.17, 15) is 0 Å². The van der Waals surface area contributed by atoms with Gasteiger partial charge in [0.1, 0.15) is 0 Å². The molecule has 0 aliphatic heterocycles. The van der Waals surface area contributed by atoms with Gasteiger partial charge >= 0.3 is 0 Å². The van der Waals surface area contributed by atoms with Gasteiger partial charge in [0.05, 0.1) is 0 Å². The Morgan fingerprint density at radius 3 is 2.59 bits per heavy atom. The molecule has 3 heteroatoms. The van der Waals surface area contributed by atoms with Crippen LogP contribution in [0.15, 0.2) is 41.3 Å². The summed E-state index contributed by atoms with van der Waals surface area (Å²) in [4.78, 5) is 1.29. The molecule has 1 rings (SSSR count). The van der Waals surface area contributed by atoms with E-state index in [0.717, 1.165) is 18.6 Å². The highest BCUT2D eigenvalue weighted by Crippen LogP contribution is 2.21. The Kier molecular flexibility index (Phi) is 6.34. The van der Waals surface area contributed by atoms with E-state index < -0.39 is 0 Å². The second-order valence-electron chi connectivity index (χ2n) is 4.30. The largest absolute Gasteiger partial charge is 0.271 e. The molecule has 0 aliphatic carbocycles. The van der Waals surface area contributed by atoms with Crippen molar-refractivity contribution in [3.8, 4) is 0 Å². The van der Waals surface area contributed by atoms with E-state index in [4.69, 9.17) is 5.84 Å². The van der Waals surface area contributed by atoms with Gasteiger partial charge in [0.15, 0.2) is 0 Å². The number of aryl methyl sites for hydroxylation is 1. The molecule has 0 bridgehead atoms. The van der Waals surface area contributed by atoms with Crippen LogP contribution in [-0.2, 0) is 0 Å². The summed E-state index contributed by atoms with van der Waals surface area (Å²) in [5, 5.41) is 0. The van der Waals surface area contributed by atoms with Crippen molar-refractivity contribution in [1.29, 1.82) is 0 Å². The lowest BCUT2D eigenvalue weighted by Crippen LogP contribution is -2.37. The standard InChI is InChI=1S/C14H22N2S/c1-4-11(2)9-13(16-15)10-17-14-7-5-12(3)6-8-14/h5-8,13,16H,2,4,9-10,15H2,1,3H3. The minimum absolute atomic E-state index is 0.300. The molecular formula is C14H22N2S. The molecule has 1 unspecified atom stereocenters. The van der Waals surface area contributed by atoms with E-state index >= 15 is 0 Å². The molecule has 0 amide bonds. The second kappa shape index (κ2) is 7.54. The number of thioether (sulfide) groups is 1. The molecule has 0 aromatic heterocycles. The quantitative estimate of drug-likeness (QED) is 0.337. The topological polar surface area (TPSA) is 38.0 Å². The summed E-state index contributed by atoms with van der Waals surface area (Å²) >= 11 is 1.83. The summed E-state index contributed by atoms with van der Waals surface area (Å²) in [5.41, 5.74) is 5.41. The Morgan fingerprint density at radius 1 is 1.41 bits per heavy atom. The van der Waals surface area contributed by atoms with Crippen molar-refractivity contribution in [3.05, 3.63) is 42.0 Å². The van der Waals surface area contributed by atoms with Crippen LogP contribution in [0.5, 0.6) is 0 Å². The molecule has 0 spiro atoms. The van der Waals surface area contributed by atoms with E-state index in [1.165, 1.54) is 16.0 Å². The Balaban J connectivity index is 2.42. The zero-order valence-corrected chi connectivity index (χ0v) is 11.5. The zero-order valence-electron chi connectivity index (χ0n) is 10.7. The van der Waals surface area contributed by atoms with E-state index in [0.29, 0.717) is 6.04 Å². The Bertz CT molecular complexity index is 346. The summed E-state index contributed by atoms with van der Waals surface area (Å²) < 4.78 is 0. The van der Waals surface area contributed by atoms with Crippen LogP contribution in [0.4, 0.5) is 0 Å².